The van der Waals surface area contributed by atoms with Crippen LogP contribution in [0.4, 0.5) is 34.1 Å². The molecule has 1 aromatic heterocycles. The van der Waals surface area contributed by atoms with Crippen LogP contribution in [0.25, 0.3) is 44.0 Å². The highest BCUT2D eigenvalue weighted by atomic mass is 32.1. The highest BCUT2D eigenvalue weighted by Crippen LogP contribution is 2.49. The summed E-state index contributed by atoms with van der Waals surface area (Å²) in [6.45, 7) is 0. The molecule has 0 N–H and O–H groups in total. The lowest BCUT2D eigenvalue weighted by Gasteiger charge is -2.31. The fourth-order valence-corrected chi connectivity index (χ4v) is 9.69. The van der Waals surface area contributed by atoms with Crippen molar-refractivity contribution in [1.82, 2.24) is 0 Å². The van der Waals surface area contributed by atoms with Crippen molar-refractivity contribution in [2.45, 2.75) is 6.42 Å². The van der Waals surface area contributed by atoms with Gasteiger partial charge in [0, 0.05) is 38.3 Å². The summed E-state index contributed by atoms with van der Waals surface area (Å²) in [6.07, 6.45) is 12.6. The van der Waals surface area contributed by atoms with Gasteiger partial charge in [-0.25, -0.2) is 0 Å². The Morgan fingerprint density at radius 3 is 1.53 bits per heavy atom. The van der Waals surface area contributed by atoms with E-state index in [1.165, 1.54) is 53.4 Å². The zero-order valence-corrected chi connectivity index (χ0v) is 31.1. The minimum atomic E-state index is 0.380. The van der Waals surface area contributed by atoms with Crippen LogP contribution in [-0.2, 0) is 0 Å². The number of nitrogens with zero attached hydrogens (tertiary/aromatic N) is 2. The van der Waals surface area contributed by atoms with Crippen molar-refractivity contribution >= 4 is 67.2 Å². The van der Waals surface area contributed by atoms with Crippen LogP contribution in [0.5, 0.6) is 0 Å². The van der Waals surface area contributed by atoms with Crippen LogP contribution in [0.1, 0.15) is 6.42 Å². The summed E-state index contributed by atoms with van der Waals surface area (Å²) >= 11 is 1.93. The fourth-order valence-electron chi connectivity index (χ4n) is 8.28. The van der Waals surface area contributed by atoms with Crippen molar-refractivity contribution in [3.8, 4) is 22.3 Å². The van der Waals surface area contributed by atoms with E-state index in [0.717, 1.165) is 34.9 Å². The molecule has 2 aliphatic carbocycles. The van der Waals surface area contributed by atoms with Gasteiger partial charge in [-0.2, -0.15) is 0 Å². The third-order valence-electron chi connectivity index (χ3n) is 10.8. The molecule has 0 aliphatic heterocycles. The normalized spacial score (nSPS) is 14.3. The molecule has 2 aliphatic rings. The summed E-state index contributed by atoms with van der Waals surface area (Å²) < 4.78 is 2.62. The van der Waals surface area contributed by atoms with Crippen molar-refractivity contribution in [3.05, 3.63) is 216 Å². The number of allylic oxidation sites excluding steroid dienone is 4. The second kappa shape index (κ2) is 14.3. The summed E-state index contributed by atoms with van der Waals surface area (Å²) in [5, 5.41) is 2.60. The number of rotatable bonds is 8. The topological polar surface area (TPSA) is 6.48 Å². The monoisotopic (exact) mass is 722 g/mol. The van der Waals surface area contributed by atoms with E-state index in [1.54, 1.807) is 0 Å². The van der Waals surface area contributed by atoms with Crippen LogP contribution in [-0.4, -0.2) is 0 Å². The molecule has 262 valence electrons. The largest absolute Gasteiger partial charge is 0.309 e. The summed E-state index contributed by atoms with van der Waals surface area (Å²) in [4.78, 5) is 4.95. The fraction of sp³-hybridized carbons (Fsp3) is 0.0385. The molecular formula is C52H38N2S. The zero-order valence-electron chi connectivity index (χ0n) is 30.3. The Morgan fingerprint density at radius 1 is 0.455 bits per heavy atom. The Balaban J connectivity index is 1.31. The van der Waals surface area contributed by atoms with Gasteiger partial charge in [-0.1, -0.05) is 164 Å². The molecule has 1 atom stereocenters. The third kappa shape index (κ3) is 5.90. The molecule has 55 heavy (non-hydrogen) atoms. The molecule has 7 aromatic carbocycles. The van der Waals surface area contributed by atoms with Gasteiger partial charge in [-0.3, -0.25) is 0 Å². The predicted molar refractivity (Wildman–Crippen MR) is 236 cm³/mol. The molecule has 0 bridgehead atoms. The third-order valence-corrected chi connectivity index (χ3v) is 12.0. The van der Waals surface area contributed by atoms with Crippen LogP contribution in [0.2, 0.25) is 0 Å². The van der Waals surface area contributed by atoms with Gasteiger partial charge in [0.1, 0.15) is 0 Å². The Kier molecular flexibility index (Phi) is 8.55. The Bertz CT molecular complexity index is 2840. The van der Waals surface area contributed by atoms with Crippen LogP contribution in [0.3, 0.4) is 0 Å². The van der Waals surface area contributed by atoms with Gasteiger partial charge < -0.3 is 9.80 Å². The molecule has 0 radical (unpaired) electrons. The van der Waals surface area contributed by atoms with Gasteiger partial charge in [0.25, 0.3) is 0 Å². The van der Waals surface area contributed by atoms with Crippen LogP contribution < -0.4 is 19.6 Å². The van der Waals surface area contributed by atoms with E-state index >= 15 is 0 Å². The van der Waals surface area contributed by atoms with Crippen molar-refractivity contribution in [3.63, 3.8) is 0 Å². The van der Waals surface area contributed by atoms with Crippen LogP contribution >= 0.6 is 11.3 Å². The van der Waals surface area contributed by atoms with E-state index in [4.69, 9.17) is 0 Å². The summed E-state index contributed by atoms with van der Waals surface area (Å²) in [7, 11) is 0. The predicted octanol–water partition coefficient (Wildman–Crippen LogP) is 13.3. The number of anilines is 6. The number of thiophene rings is 1. The quantitative estimate of drug-likeness (QED) is 0.154. The molecule has 8 aromatic rings. The average molecular weight is 723 g/mol. The number of para-hydroxylation sites is 4. The molecule has 1 heterocycles. The number of fused-ring (bicyclic) bond motifs is 4. The molecule has 1 unspecified atom stereocenters. The minimum Gasteiger partial charge on any atom is -0.309 e. The molecule has 10 rings (SSSR count). The van der Waals surface area contributed by atoms with Crippen molar-refractivity contribution < 1.29 is 0 Å². The molecular weight excluding hydrogens is 685 g/mol. The molecule has 0 amide bonds. The zero-order chi connectivity index (χ0) is 36.6. The Morgan fingerprint density at radius 2 is 0.945 bits per heavy atom. The van der Waals surface area contributed by atoms with E-state index in [0.29, 0.717) is 5.92 Å². The second-order valence-corrected chi connectivity index (χ2v) is 15.0. The first-order valence-electron chi connectivity index (χ1n) is 19.0. The van der Waals surface area contributed by atoms with Crippen LogP contribution in [0.15, 0.2) is 206 Å². The van der Waals surface area contributed by atoms with E-state index in [9.17, 15) is 0 Å². The van der Waals surface area contributed by atoms with E-state index in [1.807, 2.05) is 11.3 Å². The van der Waals surface area contributed by atoms with E-state index in [2.05, 4.69) is 222 Å². The molecule has 2 nitrogen and oxygen atoms in total. The average Bonchev–Trinajstić information content (AvgIpc) is 3.67. The SMILES string of the molecule is C1=CC2=c3sc4c(N(c5ccccc5)c5ccccc5-c5ccccc5)ccc(N(c5ccccc5)c5ccccc5-c5ccccc5)c4c3=CCC2C=C1. The summed E-state index contributed by atoms with van der Waals surface area (Å²) in [5.41, 5.74) is 13.0. The first-order chi connectivity index (χ1) is 27.3. The summed E-state index contributed by atoms with van der Waals surface area (Å²) in [6, 6.07) is 65.6. The van der Waals surface area contributed by atoms with Crippen molar-refractivity contribution in [2.75, 3.05) is 9.80 Å². The van der Waals surface area contributed by atoms with Crippen molar-refractivity contribution in [1.29, 1.82) is 0 Å². The van der Waals surface area contributed by atoms with E-state index < -0.39 is 0 Å². The second-order valence-electron chi connectivity index (χ2n) is 14.0. The molecule has 0 fully saturated rings. The highest BCUT2D eigenvalue weighted by molar-refractivity contribution is 7.18. The Hall–Kier alpha value is -6.68. The molecule has 0 saturated heterocycles. The number of hydrogen-bond donors (Lipinski definition) is 0. The maximum atomic E-state index is 2.50. The first-order valence-corrected chi connectivity index (χ1v) is 19.8. The maximum absolute atomic E-state index is 2.50. The van der Waals surface area contributed by atoms with Gasteiger partial charge >= 0.3 is 0 Å². The number of benzene rings is 7. The van der Waals surface area contributed by atoms with Gasteiger partial charge in [0.05, 0.1) is 27.4 Å². The van der Waals surface area contributed by atoms with Gasteiger partial charge in [-0.15, -0.1) is 11.3 Å². The lowest BCUT2D eigenvalue weighted by molar-refractivity contribution is 0.868. The van der Waals surface area contributed by atoms with Gasteiger partial charge in [0.2, 0.25) is 0 Å². The Labute approximate surface area is 326 Å². The lowest BCUT2D eigenvalue weighted by atomic mass is 9.88. The maximum Gasteiger partial charge on any atom is 0.0642 e. The highest BCUT2D eigenvalue weighted by Gasteiger charge is 2.27. The smallest absolute Gasteiger partial charge is 0.0642 e. The number of hydrogen-bond acceptors (Lipinski definition) is 3. The standard InChI is InChI=1S/C52H38N2S/c1-5-19-37(20-6-1)42-28-15-17-31-46(42)53(40-24-9-3-10-25-40)48-35-36-49(52-50(48)45-34-33-39-23-13-14-30-44(39)51(45)55-52)54(41-26-11-4-12-27-41)47-32-18-16-29-43(47)38-21-7-2-8-22-38/h1-32,34-36,39H,33H2. The molecule has 3 heteroatoms. The van der Waals surface area contributed by atoms with Crippen molar-refractivity contribution in [2.24, 2.45) is 5.92 Å². The molecule has 0 saturated carbocycles. The molecule has 0 spiro atoms. The summed E-state index contributed by atoms with van der Waals surface area (Å²) in [5.74, 6) is 0.380. The minimum absolute atomic E-state index is 0.380. The van der Waals surface area contributed by atoms with Crippen LogP contribution in [0, 0.1) is 5.92 Å². The van der Waals surface area contributed by atoms with E-state index in [-0.39, 0.29) is 0 Å². The van der Waals surface area contributed by atoms with Gasteiger partial charge in [-0.05, 0) is 76.9 Å². The lowest BCUT2D eigenvalue weighted by Crippen LogP contribution is -2.29. The first kappa shape index (κ1) is 32.9. The van der Waals surface area contributed by atoms with Gasteiger partial charge in [0.15, 0.2) is 0 Å².